The summed E-state index contributed by atoms with van der Waals surface area (Å²) in [7, 11) is 0. The molecule has 0 bridgehead atoms. The smallest absolute Gasteiger partial charge is 0.249 e. The van der Waals surface area contributed by atoms with Gasteiger partial charge in [0.15, 0.2) is 5.15 Å². The monoisotopic (exact) mass is 276 g/mol. The first-order valence-corrected chi connectivity index (χ1v) is 6.56. The van der Waals surface area contributed by atoms with Gasteiger partial charge in [-0.3, -0.25) is 9.20 Å². The first-order chi connectivity index (χ1) is 9.11. The average Bonchev–Trinajstić information content (AvgIpc) is 2.69. The highest BCUT2D eigenvalue weighted by Gasteiger charge is 2.15. The van der Waals surface area contributed by atoms with Crippen LogP contribution >= 0.6 is 11.6 Å². The van der Waals surface area contributed by atoms with Crippen LogP contribution in [0.2, 0.25) is 5.15 Å². The third kappa shape index (κ3) is 1.81. The van der Waals surface area contributed by atoms with E-state index >= 15 is 0 Å². The number of pyridine rings is 1. The summed E-state index contributed by atoms with van der Waals surface area (Å²) in [5.74, 6) is 0.895. The van der Waals surface area contributed by atoms with Gasteiger partial charge in [-0.2, -0.15) is 0 Å². The highest BCUT2D eigenvalue weighted by molar-refractivity contribution is 6.33. The highest BCUT2D eigenvalue weighted by Crippen LogP contribution is 2.24. The minimum absolute atomic E-state index is 0.160. The van der Waals surface area contributed by atoms with Crippen LogP contribution in [-0.2, 0) is 6.42 Å². The molecule has 5 nitrogen and oxygen atoms in total. The number of imidazole rings is 1. The number of hydrogen-bond acceptors (Lipinski definition) is 3. The standard InChI is InChI=1S/C13H13ClN4O/c1-3-4-9-15-7(2)11-12(14)16-8-5-6-10(19)17-13(8)18(9)11/h5-6H,3-4H2,1-2H3,(H,17,19). The number of rotatable bonds is 2. The predicted octanol–water partition coefficient (Wildman–Crippen LogP) is 2.49. The van der Waals surface area contributed by atoms with Crippen molar-refractivity contribution in [1.29, 1.82) is 0 Å². The van der Waals surface area contributed by atoms with Gasteiger partial charge in [-0.1, -0.05) is 18.5 Å². The molecule has 1 N–H and O–H groups in total. The lowest BCUT2D eigenvalue weighted by atomic mass is 10.3. The second-order valence-electron chi connectivity index (χ2n) is 4.51. The quantitative estimate of drug-likeness (QED) is 0.782. The van der Waals surface area contributed by atoms with Gasteiger partial charge in [0.1, 0.15) is 22.5 Å². The Balaban J connectivity index is 2.56. The molecule has 0 atom stereocenters. The number of aryl methyl sites for hydroxylation is 2. The van der Waals surface area contributed by atoms with Crippen LogP contribution in [0.4, 0.5) is 0 Å². The molecule has 0 saturated carbocycles. The molecule has 0 radical (unpaired) electrons. The molecule has 0 unspecified atom stereocenters. The summed E-state index contributed by atoms with van der Waals surface area (Å²) >= 11 is 6.23. The normalized spacial score (nSPS) is 11.5. The van der Waals surface area contributed by atoms with Crippen LogP contribution in [-0.4, -0.2) is 19.4 Å². The van der Waals surface area contributed by atoms with Gasteiger partial charge in [0.2, 0.25) is 5.56 Å². The van der Waals surface area contributed by atoms with Crippen molar-refractivity contribution in [2.75, 3.05) is 0 Å². The maximum atomic E-state index is 11.5. The van der Waals surface area contributed by atoms with Crippen LogP contribution in [0, 0.1) is 6.92 Å². The number of nitrogens with one attached hydrogen (secondary N) is 1. The molecular formula is C13H13ClN4O. The molecule has 3 aromatic rings. The molecule has 19 heavy (non-hydrogen) atoms. The van der Waals surface area contributed by atoms with Crippen molar-refractivity contribution in [3.8, 4) is 0 Å². The summed E-state index contributed by atoms with van der Waals surface area (Å²) < 4.78 is 1.91. The predicted molar refractivity (Wildman–Crippen MR) is 74.9 cm³/mol. The second kappa shape index (κ2) is 4.35. The Morgan fingerprint density at radius 1 is 1.37 bits per heavy atom. The van der Waals surface area contributed by atoms with Crippen LogP contribution in [0.25, 0.3) is 16.7 Å². The van der Waals surface area contributed by atoms with Crippen molar-refractivity contribution in [3.63, 3.8) is 0 Å². The van der Waals surface area contributed by atoms with Crippen molar-refractivity contribution in [2.45, 2.75) is 26.7 Å². The summed E-state index contributed by atoms with van der Waals surface area (Å²) in [4.78, 5) is 23.2. The SMILES string of the molecule is CCCc1nc(C)c2c(Cl)nc3ccc(=O)[nH]c3n12. The number of aromatic amines is 1. The molecule has 0 aliphatic carbocycles. The van der Waals surface area contributed by atoms with Crippen molar-refractivity contribution < 1.29 is 0 Å². The Labute approximate surface area is 114 Å². The minimum atomic E-state index is -0.160. The lowest BCUT2D eigenvalue weighted by molar-refractivity contribution is 0.832. The van der Waals surface area contributed by atoms with E-state index in [0.29, 0.717) is 16.3 Å². The van der Waals surface area contributed by atoms with Gasteiger partial charge in [-0.15, -0.1) is 0 Å². The first kappa shape index (κ1) is 12.2. The maximum Gasteiger partial charge on any atom is 0.249 e. The van der Waals surface area contributed by atoms with Gasteiger partial charge in [-0.05, 0) is 19.4 Å². The zero-order valence-electron chi connectivity index (χ0n) is 10.7. The van der Waals surface area contributed by atoms with E-state index in [0.717, 1.165) is 29.9 Å². The van der Waals surface area contributed by atoms with Crippen molar-refractivity contribution in [1.82, 2.24) is 19.4 Å². The van der Waals surface area contributed by atoms with E-state index in [-0.39, 0.29) is 5.56 Å². The first-order valence-electron chi connectivity index (χ1n) is 6.18. The van der Waals surface area contributed by atoms with Crippen LogP contribution < -0.4 is 5.56 Å². The van der Waals surface area contributed by atoms with Crippen LogP contribution in [0.15, 0.2) is 16.9 Å². The summed E-state index contributed by atoms with van der Waals surface area (Å²) in [6.07, 6.45) is 1.79. The summed E-state index contributed by atoms with van der Waals surface area (Å²) in [5.41, 5.74) is 2.74. The molecule has 0 fully saturated rings. The zero-order valence-corrected chi connectivity index (χ0v) is 11.5. The number of hydrogen-bond donors (Lipinski definition) is 1. The molecule has 0 aromatic carbocycles. The third-order valence-electron chi connectivity index (χ3n) is 3.11. The third-order valence-corrected chi connectivity index (χ3v) is 3.37. The van der Waals surface area contributed by atoms with Crippen molar-refractivity contribution >= 4 is 28.3 Å². The lowest BCUT2D eigenvalue weighted by Crippen LogP contribution is -2.08. The summed E-state index contributed by atoms with van der Waals surface area (Å²) in [6, 6.07) is 3.12. The van der Waals surface area contributed by atoms with E-state index in [2.05, 4.69) is 21.9 Å². The van der Waals surface area contributed by atoms with E-state index in [4.69, 9.17) is 11.6 Å². The van der Waals surface area contributed by atoms with Crippen LogP contribution in [0.3, 0.4) is 0 Å². The lowest BCUT2D eigenvalue weighted by Gasteiger charge is -2.06. The van der Waals surface area contributed by atoms with Gasteiger partial charge in [-0.25, -0.2) is 9.97 Å². The van der Waals surface area contributed by atoms with E-state index in [9.17, 15) is 4.79 Å². The molecular weight excluding hydrogens is 264 g/mol. The van der Waals surface area contributed by atoms with E-state index in [1.807, 2.05) is 11.3 Å². The fraction of sp³-hybridized carbons (Fsp3) is 0.308. The summed E-state index contributed by atoms with van der Waals surface area (Å²) in [6.45, 7) is 3.99. The minimum Gasteiger partial charge on any atom is -0.306 e. The average molecular weight is 277 g/mol. The van der Waals surface area contributed by atoms with Crippen LogP contribution in [0.5, 0.6) is 0 Å². The fourth-order valence-electron chi connectivity index (χ4n) is 2.34. The molecule has 0 aliphatic heterocycles. The number of nitrogens with zero attached hydrogens (tertiary/aromatic N) is 3. The highest BCUT2D eigenvalue weighted by atomic mass is 35.5. The molecule has 3 rings (SSSR count). The Kier molecular flexibility index (Phi) is 2.78. The molecule has 3 heterocycles. The molecule has 6 heteroatoms. The topological polar surface area (TPSA) is 63.0 Å². The van der Waals surface area contributed by atoms with Crippen molar-refractivity contribution in [3.05, 3.63) is 39.2 Å². The number of fused-ring (bicyclic) bond motifs is 3. The number of aromatic nitrogens is 4. The molecule has 0 saturated heterocycles. The number of halogens is 1. The van der Waals surface area contributed by atoms with E-state index in [1.54, 1.807) is 6.07 Å². The second-order valence-corrected chi connectivity index (χ2v) is 4.86. The van der Waals surface area contributed by atoms with Gasteiger partial charge in [0.05, 0.1) is 5.69 Å². The van der Waals surface area contributed by atoms with Crippen molar-refractivity contribution in [2.24, 2.45) is 0 Å². The summed E-state index contributed by atoms with van der Waals surface area (Å²) in [5, 5.41) is 0.409. The van der Waals surface area contributed by atoms with Gasteiger partial charge in [0.25, 0.3) is 0 Å². The Morgan fingerprint density at radius 2 is 2.16 bits per heavy atom. The molecule has 0 amide bonds. The Hall–Kier alpha value is -1.88. The molecule has 0 spiro atoms. The fourth-order valence-corrected chi connectivity index (χ4v) is 2.65. The maximum absolute atomic E-state index is 11.5. The van der Waals surface area contributed by atoms with Gasteiger partial charge >= 0.3 is 0 Å². The molecule has 3 aromatic heterocycles. The van der Waals surface area contributed by atoms with E-state index in [1.165, 1.54) is 6.07 Å². The zero-order chi connectivity index (χ0) is 13.6. The van der Waals surface area contributed by atoms with Gasteiger partial charge < -0.3 is 4.98 Å². The van der Waals surface area contributed by atoms with Crippen LogP contribution in [0.1, 0.15) is 24.9 Å². The molecule has 98 valence electrons. The van der Waals surface area contributed by atoms with E-state index < -0.39 is 0 Å². The largest absolute Gasteiger partial charge is 0.306 e. The Bertz CT molecular complexity index is 834. The van der Waals surface area contributed by atoms with Gasteiger partial charge in [0, 0.05) is 12.5 Å². The Morgan fingerprint density at radius 3 is 2.89 bits per heavy atom. The molecule has 0 aliphatic rings. The number of H-pyrrole nitrogens is 1.